The highest BCUT2D eigenvalue weighted by atomic mass is 16.6. The van der Waals surface area contributed by atoms with Gasteiger partial charge in [-0.05, 0) is 12.5 Å². The Morgan fingerprint density at radius 2 is 2.33 bits per heavy atom. The van der Waals surface area contributed by atoms with Gasteiger partial charge in [-0.3, -0.25) is 0 Å². The van der Waals surface area contributed by atoms with Crippen LogP contribution in [0.2, 0.25) is 0 Å². The van der Waals surface area contributed by atoms with E-state index in [-0.39, 0.29) is 18.8 Å². The number of aliphatic hydroxyl groups is 1. The molecule has 1 aliphatic heterocycles. The zero-order chi connectivity index (χ0) is 8.55. The predicted molar refractivity (Wildman–Crippen MR) is 45.9 cm³/mol. The minimum Gasteiger partial charge on any atom is -0.394 e. The highest BCUT2D eigenvalue weighted by molar-refractivity contribution is 5.27. The summed E-state index contributed by atoms with van der Waals surface area (Å²) in [4.78, 5) is 0. The lowest BCUT2D eigenvalue weighted by molar-refractivity contribution is 0.242. The van der Waals surface area contributed by atoms with Crippen molar-refractivity contribution in [2.75, 3.05) is 6.61 Å². The maximum Gasteiger partial charge on any atom is 0.112 e. The van der Waals surface area contributed by atoms with E-state index in [2.05, 4.69) is 19.1 Å². The number of epoxide rings is 1. The Bertz CT molecular complexity index is 283. The average Bonchev–Trinajstić information content (AvgIpc) is 2.83. The topological polar surface area (TPSA) is 32.8 Å². The second-order valence-electron chi connectivity index (χ2n) is 3.19. The molecule has 1 aromatic rings. The SMILES string of the molecule is Cc1cccc(C2OC2CO)c1. The van der Waals surface area contributed by atoms with Crippen LogP contribution in [-0.4, -0.2) is 17.8 Å². The Kier molecular flexibility index (Phi) is 1.87. The van der Waals surface area contributed by atoms with Crippen molar-refractivity contribution in [3.63, 3.8) is 0 Å². The number of rotatable bonds is 2. The summed E-state index contributed by atoms with van der Waals surface area (Å²) in [5.41, 5.74) is 2.41. The van der Waals surface area contributed by atoms with Crippen LogP contribution in [0, 0.1) is 6.92 Å². The zero-order valence-electron chi connectivity index (χ0n) is 7.03. The maximum absolute atomic E-state index is 8.78. The molecule has 12 heavy (non-hydrogen) atoms. The number of ether oxygens (including phenoxy) is 1. The number of benzene rings is 1. The van der Waals surface area contributed by atoms with Crippen molar-refractivity contribution >= 4 is 0 Å². The van der Waals surface area contributed by atoms with Crippen LogP contribution in [0.3, 0.4) is 0 Å². The first kappa shape index (κ1) is 7.77. The molecule has 0 aliphatic carbocycles. The predicted octanol–water partition coefficient (Wildman–Crippen LogP) is 1.43. The van der Waals surface area contributed by atoms with Crippen molar-refractivity contribution in [2.45, 2.75) is 19.1 Å². The molecule has 2 nitrogen and oxygen atoms in total. The number of aryl methyl sites for hydroxylation is 1. The molecule has 2 rings (SSSR count). The minimum absolute atomic E-state index is 0.0341. The zero-order valence-corrected chi connectivity index (χ0v) is 7.03. The molecule has 1 saturated heterocycles. The van der Waals surface area contributed by atoms with Crippen LogP contribution >= 0.6 is 0 Å². The van der Waals surface area contributed by atoms with Crippen molar-refractivity contribution in [3.8, 4) is 0 Å². The molecule has 0 bridgehead atoms. The van der Waals surface area contributed by atoms with Gasteiger partial charge in [0.15, 0.2) is 0 Å². The Morgan fingerprint density at radius 3 is 2.92 bits per heavy atom. The summed E-state index contributed by atoms with van der Waals surface area (Å²) < 4.78 is 5.26. The molecule has 1 fully saturated rings. The van der Waals surface area contributed by atoms with E-state index in [0.717, 1.165) is 0 Å². The third-order valence-electron chi connectivity index (χ3n) is 2.13. The van der Waals surface area contributed by atoms with Crippen molar-refractivity contribution in [3.05, 3.63) is 35.4 Å². The van der Waals surface area contributed by atoms with E-state index in [1.165, 1.54) is 11.1 Å². The second-order valence-corrected chi connectivity index (χ2v) is 3.19. The molecule has 0 amide bonds. The van der Waals surface area contributed by atoms with E-state index >= 15 is 0 Å². The van der Waals surface area contributed by atoms with Gasteiger partial charge in [0.25, 0.3) is 0 Å². The molecule has 0 aromatic heterocycles. The summed E-state index contributed by atoms with van der Waals surface area (Å²) >= 11 is 0. The summed E-state index contributed by atoms with van der Waals surface area (Å²) in [6, 6.07) is 8.20. The lowest BCUT2D eigenvalue weighted by atomic mass is 10.1. The van der Waals surface area contributed by atoms with E-state index < -0.39 is 0 Å². The lowest BCUT2D eigenvalue weighted by Gasteiger charge is -1.96. The molecule has 64 valence electrons. The summed E-state index contributed by atoms with van der Waals surface area (Å²) in [6.45, 7) is 2.18. The van der Waals surface area contributed by atoms with Crippen LogP contribution in [-0.2, 0) is 4.74 Å². The first-order valence-corrected chi connectivity index (χ1v) is 4.14. The summed E-state index contributed by atoms with van der Waals surface area (Å²) in [7, 11) is 0. The second kappa shape index (κ2) is 2.88. The first-order valence-electron chi connectivity index (χ1n) is 4.14. The Morgan fingerprint density at radius 1 is 1.50 bits per heavy atom. The Labute approximate surface area is 71.8 Å². The fraction of sp³-hybridized carbons (Fsp3) is 0.400. The molecule has 1 aliphatic rings. The normalized spacial score (nSPS) is 27.2. The van der Waals surface area contributed by atoms with Gasteiger partial charge < -0.3 is 9.84 Å². The summed E-state index contributed by atoms with van der Waals surface area (Å²) in [5, 5.41) is 8.78. The van der Waals surface area contributed by atoms with E-state index in [9.17, 15) is 0 Å². The lowest BCUT2D eigenvalue weighted by Crippen LogP contribution is -1.94. The van der Waals surface area contributed by atoms with Crippen LogP contribution in [0.5, 0.6) is 0 Å². The van der Waals surface area contributed by atoms with Gasteiger partial charge in [-0.15, -0.1) is 0 Å². The third kappa shape index (κ3) is 1.36. The number of hydrogen-bond donors (Lipinski definition) is 1. The average molecular weight is 164 g/mol. The van der Waals surface area contributed by atoms with E-state index in [1.54, 1.807) is 0 Å². The third-order valence-corrected chi connectivity index (χ3v) is 2.13. The minimum atomic E-state index is 0.0341. The molecule has 0 saturated carbocycles. The van der Waals surface area contributed by atoms with E-state index in [0.29, 0.717) is 0 Å². The van der Waals surface area contributed by atoms with Gasteiger partial charge in [0, 0.05) is 0 Å². The van der Waals surface area contributed by atoms with Crippen LogP contribution in [0.15, 0.2) is 24.3 Å². The summed E-state index contributed by atoms with van der Waals surface area (Å²) in [5.74, 6) is 0. The van der Waals surface area contributed by atoms with Gasteiger partial charge in [0.1, 0.15) is 12.2 Å². The van der Waals surface area contributed by atoms with E-state index in [1.807, 2.05) is 12.1 Å². The molecule has 2 atom stereocenters. The van der Waals surface area contributed by atoms with Crippen LogP contribution in [0.1, 0.15) is 17.2 Å². The van der Waals surface area contributed by atoms with Gasteiger partial charge in [-0.1, -0.05) is 29.8 Å². The quantitative estimate of drug-likeness (QED) is 0.671. The first-order chi connectivity index (χ1) is 5.81. The monoisotopic (exact) mass is 164 g/mol. The molecular formula is C10H12O2. The van der Waals surface area contributed by atoms with Crippen LogP contribution in [0.4, 0.5) is 0 Å². The Balaban J connectivity index is 2.14. The van der Waals surface area contributed by atoms with Gasteiger partial charge in [-0.25, -0.2) is 0 Å². The summed E-state index contributed by atoms with van der Waals surface area (Å²) in [6.07, 6.45) is 0.168. The van der Waals surface area contributed by atoms with Crippen molar-refractivity contribution in [1.29, 1.82) is 0 Å². The molecule has 1 aromatic carbocycles. The van der Waals surface area contributed by atoms with E-state index in [4.69, 9.17) is 9.84 Å². The largest absolute Gasteiger partial charge is 0.394 e. The Hall–Kier alpha value is -0.860. The number of hydrogen-bond acceptors (Lipinski definition) is 2. The van der Waals surface area contributed by atoms with Gasteiger partial charge in [0.05, 0.1) is 6.61 Å². The fourth-order valence-corrected chi connectivity index (χ4v) is 1.42. The molecule has 0 radical (unpaired) electrons. The fourth-order valence-electron chi connectivity index (χ4n) is 1.42. The highest BCUT2D eigenvalue weighted by Gasteiger charge is 2.39. The van der Waals surface area contributed by atoms with Crippen LogP contribution in [0.25, 0.3) is 0 Å². The molecule has 2 heteroatoms. The highest BCUT2D eigenvalue weighted by Crippen LogP contribution is 2.38. The van der Waals surface area contributed by atoms with Crippen molar-refractivity contribution in [1.82, 2.24) is 0 Å². The molecule has 2 unspecified atom stereocenters. The standard InChI is InChI=1S/C10H12O2/c1-7-3-2-4-8(5-7)10-9(6-11)12-10/h2-5,9-11H,6H2,1H3. The molecule has 1 N–H and O–H groups in total. The molecular weight excluding hydrogens is 152 g/mol. The maximum atomic E-state index is 8.78. The smallest absolute Gasteiger partial charge is 0.112 e. The van der Waals surface area contributed by atoms with Crippen molar-refractivity contribution in [2.24, 2.45) is 0 Å². The van der Waals surface area contributed by atoms with Crippen LogP contribution < -0.4 is 0 Å². The van der Waals surface area contributed by atoms with Gasteiger partial charge >= 0.3 is 0 Å². The molecule has 0 spiro atoms. The molecule has 1 heterocycles. The van der Waals surface area contributed by atoms with Gasteiger partial charge in [-0.2, -0.15) is 0 Å². The number of aliphatic hydroxyl groups excluding tert-OH is 1. The van der Waals surface area contributed by atoms with Crippen molar-refractivity contribution < 1.29 is 9.84 Å². The van der Waals surface area contributed by atoms with Gasteiger partial charge in [0.2, 0.25) is 0 Å².